The molecule has 0 spiro atoms. The van der Waals surface area contributed by atoms with Crippen molar-refractivity contribution >= 4 is 5.97 Å². The second kappa shape index (κ2) is 4.15. The van der Waals surface area contributed by atoms with Crippen molar-refractivity contribution < 1.29 is 9.53 Å². The first-order chi connectivity index (χ1) is 7.27. The summed E-state index contributed by atoms with van der Waals surface area (Å²) in [5.74, 6) is -0.440. The Morgan fingerprint density at radius 1 is 1.50 bits per heavy atom. The number of esters is 1. The fraction of sp³-hybridized carbons (Fsp3) is 0.636. The van der Waals surface area contributed by atoms with Crippen LogP contribution in [0.4, 0.5) is 0 Å². The average molecular weight is 226 g/mol. The van der Waals surface area contributed by atoms with Crippen LogP contribution in [0.25, 0.3) is 0 Å². The van der Waals surface area contributed by atoms with Gasteiger partial charge in [-0.1, -0.05) is 20.8 Å². The summed E-state index contributed by atoms with van der Waals surface area (Å²) in [7, 11) is 1.30. The minimum atomic E-state index is -0.631. The first-order valence-corrected chi connectivity index (χ1v) is 5.17. The maximum atomic E-state index is 11.7. The third kappa shape index (κ3) is 2.35. The predicted octanol–water partition coefficient (Wildman–Crippen LogP) is 1.21. The van der Waals surface area contributed by atoms with Crippen molar-refractivity contribution in [2.24, 2.45) is 0 Å². The molecule has 0 aliphatic heterocycles. The fourth-order valence-corrected chi connectivity index (χ4v) is 1.36. The minimum Gasteiger partial charge on any atom is -0.467 e. The van der Waals surface area contributed by atoms with E-state index in [2.05, 4.69) is 9.84 Å². The Hall–Kier alpha value is -1.52. The summed E-state index contributed by atoms with van der Waals surface area (Å²) in [5.41, 5.74) is 0.427. The number of nitrogens with one attached hydrogen (secondary N) is 1. The number of hydrogen-bond donors (Lipinski definition) is 1. The second-order valence-corrected chi connectivity index (χ2v) is 4.83. The number of aromatic amines is 1. The SMILES string of the molecule is COC(=O)[C@@H](C)n1[nH]c(C(C)(C)C)cc1=O. The number of methoxy groups -OCH3 is 1. The van der Waals surface area contributed by atoms with E-state index in [-0.39, 0.29) is 11.0 Å². The van der Waals surface area contributed by atoms with Crippen LogP contribution in [-0.2, 0) is 14.9 Å². The zero-order valence-corrected chi connectivity index (χ0v) is 10.3. The van der Waals surface area contributed by atoms with Crippen LogP contribution in [0.2, 0.25) is 0 Å². The standard InChI is InChI=1S/C11H18N2O3/c1-7(10(15)16-5)13-9(14)6-8(12-13)11(2,3)4/h6-7,12H,1-5H3/t7-/m1/s1. The van der Waals surface area contributed by atoms with E-state index in [1.807, 2.05) is 20.8 Å². The third-order valence-corrected chi connectivity index (χ3v) is 2.48. The molecule has 16 heavy (non-hydrogen) atoms. The van der Waals surface area contributed by atoms with Gasteiger partial charge in [-0.25, -0.2) is 9.48 Å². The molecule has 5 nitrogen and oxygen atoms in total. The van der Waals surface area contributed by atoms with Crippen LogP contribution in [-0.4, -0.2) is 22.9 Å². The van der Waals surface area contributed by atoms with Gasteiger partial charge in [0.1, 0.15) is 6.04 Å². The lowest BCUT2D eigenvalue weighted by atomic mass is 9.93. The molecule has 0 saturated carbocycles. The lowest BCUT2D eigenvalue weighted by molar-refractivity contribution is -0.144. The molecule has 0 aliphatic rings. The van der Waals surface area contributed by atoms with Crippen LogP contribution in [0.15, 0.2) is 10.9 Å². The van der Waals surface area contributed by atoms with Crippen molar-refractivity contribution in [1.82, 2.24) is 9.78 Å². The Kier molecular flexibility index (Phi) is 3.26. The molecular formula is C11H18N2O3. The summed E-state index contributed by atoms with van der Waals surface area (Å²) in [6, 6.07) is 0.882. The number of hydrogen-bond acceptors (Lipinski definition) is 3. The molecule has 0 radical (unpaired) electrons. The lowest BCUT2D eigenvalue weighted by Crippen LogP contribution is -2.27. The van der Waals surface area contributed by atoms with Crippen LogP contribution in [0.5, 0.6) is 0 Å². The van der Waals surface area contributed by atoms with Crippen LogP contribution in [0, 0.1) is 0 Å². The molecule has 1 heterocycles. The minimum absolute atomic E-state index is 0.153. The number of carbonyl (C=O) groups excluding carboxylic acids is 1. The Morgan fingerprint density at radius 2 is 2.06 bits per heavy atom. The van der Waals surface area contributed by atoms with Gasteiger partial charge in [-0.15, -0.1) is 0 Å². The van der Waals surface area contributed by atoms with E-state index in [0.29, 0.717) is 0 Å². The van der Waals surface area contributed by atoms with E-state index in [4.69, 9.17) is 0 Å². The quantitative estimate of drug-likeness (QED) is 0.771. The zero-order valence-electron chi connectivity index (χ0n) is 10.3. The molecule has 0 unspecified atom stereocenters. The van der Waals surface area contributed by atoms with Gasteiger partial charge in [0, 0.05) is 17.2 Å². The molecule has 1 N–H and O–H groups in total. The third-order valence-electron chi connectivity index (χ3n) is 2.48. The largest absolute Gasteiger partial charge is 0.467 e. The highest BCUT2D eigenvalue weighted by Gasteiger charge is 2.22. The van der Waals surface area contributed by atoms with E-state index in [0.717, 1.165) is 5.69 Å². The molecule has 0 saturated heterocycles. The summed E-state index contributed by atoms with van der Waals surface area (Å²) < 4.78 is 5.88. The van der Waals surface area contributed by atoms with Gasteiger partial charge in [0.05, 0.1) is 7.11 Å². The second-order valence-electron chi connectivity index (χ2n) is 4.83. The van der Waals surface area contributed by atoms with E-state index in [1.54, 1.807) is 6.92 Å². The fourth-order valence-electron chi connectivity index (χ4n) is 1.36. The molecule has 0 fully saturated rings. The highest BCUT2D eigenvalue weighted by molar-refractivity contribution is 5.73. The van der Waals surface area contributed by atoms with Crippen molar-refractivity contribution in [1.29, 1.82) is 0 Å². The summed E-state index contributed by atoms with van der Waals surface area (Å²) in [5, 5.41) is 2.94. The van der Waals surface area contributed by atoms with Crippen LogP contribution in [0.3, 0.4) is 0 Å². The summed E-state index contributed by atoms with van der Waals surface area (Å²) in [6.07, 6.45) is 0. The van der Waals surface area contributed by atoms with Gasteiger partial charge in [-0.2, -0.15) is 0 Å². The first-order valence-electron chi connectivity index (χ1n) is 5.17. The van der Waals surface area contributed by atoms with Crippen LogP contribution < -0.4 is 5.56 Å². The molecule has 1 aromatic heterocycles. The van der Waals surface area contributed by atoms with Crippen molar-refractivity contribution in [2.75, 3.05) is 7.11 Å². The van der Waals surface area contributed by atoms with Crippen LogP contribution in [0.1, 0.15) is 39.4 Å². The van der Waals surface area contributed by atoms with Crippen molar-refractivity contribution in [2.45, 2.75) is 39.2 Å². The topological polar surface area (TPSA) is 64.1 Å². The van der Waals surface area contributed by atoms with Gasteiger partial charge in [0.25, 0.3) is 5.56 Å². The number of ether oxygens (including phenoxy) is 1. The Labute approximate surface area is 94.4 Å². The molecule has 0 aliphatic carbocycles. The molecule has 0 amide bonds. The van der Waals surface area contributed by atoms with Gasteiger partial charge in [-0.3, -0.25) is 9.89 Å². The summed E-state index contributed by atoms with van der Waals surface area (Å²) >= 11 is 0. The molecule has 0 aromatic carbocycles. The van der Waals surface area contributed by atoms with Gasteiger partial charge < -0.3 is 4.74 Å². The van der Waals surface area contributed by atoms with Crippen molar-refractivity contribution in [3.63, 3.8) is 0 Å². The molecule has 1 aromatic rings. The molecule has 1 rings (SSSR count). The number of carbonyl (C=O) groups is 1. The normalized spacial score (nSPS) is 13.6. The maximum Gasteiger partial charge on any atom is 0.330 e. The number of H-pyrrole nitrogens is 1. The highest BCUT2D eigenvalue weighted by Crippen LogP contribution is 2.19. The Morgan fingerprint density at radius 3 is 2.44 bits per heavy atom. The average Bonchev–Trinajstić information content (AvgIpc) is 2.57. The zero-order chi connectivity index (χ0) is 12.5. The molecule has 5 heteroatoms. The van der Waals surface area contributed by atoms with E-state index in [9.17, 15) is 9.59 Å². The number of nitrogens with zero attached hydrogens (tertiary/aromatic N) is 1. The van der Waals surface area contributed by atoms with Gasteiger partial charge in [0.15, 0.2) is 0 Å². The van der Waals surface area contributed by atoms with Crippen LogP contribution >= 0.6 is 0 Å². The maximum absolute atomic E-state index is 11.7. The number of aromatic nitrogens is 2. The monoisotopic (exact) mass is 226 g/mol. The van der Waals surface area contributed by atoms with Crippen molar-refractivity contribution in [3.8, 4) is 0 Å². The molecular weight excluding hydrogens is 208 g/mol. The van der Waals surface area contributed by atoms with Crippen molar-refractivity contribution in [3.05, 3.63) is 22.1 Å². The highest BCUT2D eigenvalue weighted by atomic mass is 16.5. The molecule has 0 bridgehead atoms. The molecule has 90 valence electrons. The Bertz CT molecular complexity index is 437. The Balaban J connectivity index is 3.13. The lowest BCUT2D eigenvalue weighted by Gasteiger charge is -2.16. The first kappa shape index (κ1) is 12.5. The summed E-state index contributed by atoms with van der Waals surface area (Å²) in [6.45, 7) is 7.60. The van der Waals surface area contributed by atoms with Gasteiger partial charge >= 0.3 is 5.97 Å². The van der Waals surface area contributed by atoms with E-state index < -0.39 is 12.0 Å². The molecule has 1 atom stereocenters. The summed E-state index contributed by atoms with van der Waals surface area (Å²) in [4.78, 5) is 23.0. The van der Waals surface area contributed by atoms with E-state index >= 15 is 0 Å². The van der Waals surface area contributed by atoms with Gasteiger partial charge in [-0.05, 0) is 6.92 Å². The predicted molar refractivity (Wildman–Crippen MR) is 60.5 cm³/mol. The smallest absolute Gasteiger partial charge is 0.330 e. The van der Waals surface area contributed by atoms with Gasteiger partial charge in [0.2, 0.25) is 0 Å². The number of rotatable bonds is 2. The van der Waals surface area contributed by atoms with E-state index in [1.165, 1.54) is 17.9 Å².